The lowest BCUT2D eigenvalue weighted by Gasteiger charge is -2.07. The molecule has 0 N–H and O–H groups in total. The first-order valence-electron chi connectivity index (χ1n) is 9.15. The van der Waals surface area contributed by atoms with Crippen molar-refractivity contribution in [2.45, 2.75) is 12.8 Å². The fourth-order valence-electron chi connectivity index (χ4n) is 2.96. The van der Waals surface area contributed by atoms with E-state index in [-0.39, 0.29) is 11.1 Å². The van der Waals surface area contributed by atoms with Gasteiger partial charge in [-0.25, -0.2) is 8.78 Å². The van der Waals surface area contributed by atoms with Gasteiger partial charge in [-0.1, -0.05) is 49.1 Å². The highest BCUT2D eigenvalue weighted by Crippen LogP contribution is 2.31. The van der Waals surface area contributed by atoms with Crippen molar-refractivity contribution in [2.24, 2.45) is 0 Å². The molecule has 1 nitrogen and oxygen atoms in total. The minimum Gasteiger partial charge on any atom is -0.490 e. The summed E-state index contributed by atoms with van der Waals surface area (Å²) in [7, 11) is 0. The minimum absolute atomic E-state index is 0.170. The maximum atomic E-state index is 14.7. The fourth-order valence-corrected chi connectivity index (χ4v) is 2.96. The highest BCUT2D eigenvalue weighted by atomic mass is 19.2. The Labute approximate surface area is 164 Å². The van der Waals surface area contributed by atoms with Crippen LogP contribution in [0.15, 0.2) is 86.0 Å². The molecule has 0 amide bonds. The van der Waals surface area contributed by atoms with Gasteiger partial charge in [0.05, 0.1) is 0 Å². The molecule has 0 saturated carbocycles. The van der Waals surface area contributed by atoms with Crippen molar-refractivity contribution in [1.82, 2.24) is 0 Å². The second kappa shape index (κ2) is 9.14. The van der Waals surface area contributed by atoms with Crippen LogP contribution in [0.25, 0.3) is 22.4 Å². The zero-order chi connectivity index (χ0) is 19.9. The SMILES string of the molecule is C=CCCc1ccc2cc(C(F)=C(F)c3ccc(OCC=C)cc3)ccc2c1. The Morgan fingerprint density at radius 1 is 0.786 bits per heavy atom. The second-order valence-electron chi connectivity index (χ2n) is 6.48. The molecule has 3 heteroatoms. The van der Waals surface area contributed by atoms with Crippen LogP contribution in [-0.4, -0.2) is 6.61 Å². The Morgan fingerprint density at radius 2 is 1.43 bits per heavy atom. The van der Waals surface area contributed by atoms with Crippen LogP contribution in [-0.2, 0) is 6.42 Å². The molecule has 0 aliphatic rings. The molecule has 3 aromatic carbocycles. The Hall–Kier alpha value is -3.20. The Bertz CT molecular complexity index is 1020. The van der Waals surface area contributed by atoms with E-state index in [9.17, 15) is 8.78 Å². The number of benzene rings is 3. The van der Waals surface area contributed by atoms with E-state index in [0.29, 0.717) is 12.4 Å². The lowest BCUT2D eigenvalue weighted by Crippen LogP contribution is -1.92. The average molecular weight is 376 g/mol. The van der Waals surface area contributed by atoms with Crippen LogP contribution < -0.4 is 4.74 Å². The predicted octanol–water partition coefficient (Wildman–Crippen LogP) is 7.29. The van der Waals surface area contributed by atoms with Crippen molar-refractivity contribution in [3.63, 3.8) is 0 Å². The monoisotopic (exact) mass is 376 g/mol. The number of allylic oxidation sites excluding steroid dienone is 1. The van der Waals surface area contributed by atoms with Crippen LogP contribution in [0, 0.1) is 0 Å². The molecular formula is C25H22F2O. The molecule has 0 aliphatic carbocycles. The highest BCUT2D eigenvalue weighted by Gasteiger charge is 2.12. The third kappa shape index (κ3) is 4.55. The van der Waals surface area contributed by atoms with E-state index in [1.807, 2.05) is 24.3 Å². The Kier molecular flexibility index (Phi) is 6.38. The van der Waals surface area contributed by atoms with Crippen LogP contribution in [0.5, 0.6) is 5.75 Å². The van der Waals surface area contributed by atoms with Crippen molar-refractivity contribution in [3.8, 4) is 5.75 Å². The number of halogens is 2. The zero-order valence-electron chi connectivity index (χ0n) is 15.6. The maximum Gasteiger partial charge on any atom is 0.166 e. The largest absolute Gasteiger partial charge is 0.490 e. The van der Waals surface area contributed by atoms with Crippen LogP contribution in [0.1, 0.15) is 23.1 Å². The summed E-state index contributed by atoms with van der Waals surface area (Å²) >= 11 is 0. The molecule has 142 valence electrons. The van der Waals surface area contributed by atoms with Gasteiger partial charge in [0.25, 0.3) is 0 Å². The zero-order valence-corrected chi connectivity index (χ0v) is 15.6. The molecular weight excluding hydrogens is 354 g/mol. The van der Waals surface area contributed by atoms with Crippen LogP contribution >= 0.6 is 0 Å². The van der Waals surface area contributed by atoms with Crippen molar-refractivity contribution in [1.29, 1.82) is 0 Å². The number of rotatable bonds is 8. The first-order valence-corrected chi connectivity index (χ1v) is 9.15. The quantitative estimate of drug-likeness (QED) is 0.296. The Morgan fingerprint density at radius 3 is 2.14 bits per heavy atom. The topological polar surface area (TPSA) is 9.23 Å². The van der Waals surface area contributed by atoms with E-state index < -0.39 is 11.7 Å². The summed E-state index contributed by atoms with van der Waals surface area (Å²) in [6, 6.07) is 17.3. The third-order valence-electron chi connectivity index (χ3n) is 4.46. The molecule has 0 saturated heterocycles. The minimum atomic E-state index is -0.891. The number of aryl methyl sites for hydroxylation is 1. The van der Waals surface area contributed by atoms with Crippen molar-refractivity contribution >= 4 is 22.4 Å². The van der Waals surface area contributed by atoms with E-state index in [1.165, 1.54) is 17.7 Å². The summed E-state index contributed by atoms with van der Waals surface area (Å²) in [4.78, 5) is 0. The van der Waals surface area contributed by atoms with Gasteiger partial charge in [0.15, 0.2) is 11.7 Å². The molecule has 28 heavy (non-hydrogen) atoms. The van der Waals surface area contributed by atoms with Gasteiger partial charge in [-0.05, 0) is 59.5 Å². The fraction of sp³-hybridized carbons (Fsp3) is 0.120. The molecule has 0 fully saturated rings. The van der Waals surface area contributed by atoms with Crippen molar-refractivity contribution in [3.05, 3.63) is 103 Å². The van der Waals surface area contributed by atoms with E-state index in [2.05, 4.69) is 19.2 Å². The molecule has 0 spiro atoms. The standard InChI is InChI=1S/C25H22F2O/c1-3-5-6-18-7-8-21-17-22(10-9-20(21)16-18)25(27)24(26)19-11-13-23(14-12-19)28-15-4-2/h3-4,7-14,16-17H,1-2,5-6,15H2. The number of hydrogen-bond donors (Lipinski definition) is 0. The first kappa shape index (κ1) is 19.6. The Balaban J connectivity index is 1.87. The number of ether oxygens (including phenoxy) is 1. The van der Waals surface area contributed by atoms with Crippen molar-refractivity contribution < 1.29 is 13.5 Å². The van der Waals surface area contributed by atoms with E-state index in [4.69, 9.17) is 4.74 Å². The molecule has 0 aromatic heterocycles. The van der Waals surface area contributed by atoms with Gasteiger partial charge < -0.3 is 4.74 Å². The summed E-state index contributed by atoms with van der Waals surface area (Å²) in [6.45, 7) is 7.67. The van der Waals surface area contributed by atoms with E-state index >= 15 is 0 Å². The molecule has 0 bridgehead atoms. The van der Waals surface area contributed by atoms with Crippen molar-refractivity contribution in [2.75, 3.05) is 6.61 Å². The number of fused-ring (bicyclic) bond motifs is 1. The molecule has 0 unspecified atom stereocenters. The molecule has 3 aromatic rings. The van der Waals surface area contributed by atoms with Gasteiger partial charge in [0, 0.05) is 11.1 Å². The molecule has 0 atom stereocenters. The van der Waals surface area contributed by atoms with Gasteiger partial charge in [-0.2, -0.15) is 0 Å². The molecule has 0 aliphatic heterocycles. The third-order valence-corrected chi connectivity index (χ3v) is 4.46. The first-order chi connectivity index (χ1) is 13.6. The van der Waals surface area contributed by atoms with Gasteiger partial charge in [0.1, 0.15) is 12.4 Å². The summed E-state index contributed by atoms with van der Waals surface area (Å²) in [5.74, 6) is -1.19. The lowest BCUT2D eigenvalue weighted by atomic mass is 10.0. The van der Waals surface area contributed by atoms with E-state index in [0.717, 1.165) is 23.6 Å². The summed E-state index contributed by atoms with van der Waals surface area (Å²) in [5.41, 5.74) is 1.58. The predicted molar refractivity (Wildman–Crippen MR) is 114 cm³/mol. The van der Waals surface area contributed by atoms with Gasteiger partial charge in [-0.15, -0.1) is 6.58 Å². The molecule has 0 heterocycles. The summed E-state index contributed by atoms with van der Waals surface area (Å²) < 4.78 is 34.7. The summed E-state index contributed by atoms with van der Waals surface area (Å²) in [5, 5.41) is 1.87. The average Bonchev–Trinajstić information content (AvgIpc) is 2.75. The van der Waals surface area contributed by atoms with Crippen LogP contribution in [0.3, 0.4) is 0 Å². The second-order valence-corrected chi connectivity index (χ2v) is 6.48. The maximum absolute atomic E-state index is 14.7. The van der Waals surface area contributed by atoms with Crippen LogP contribution in [0.4, 0.5) is 8.78 Å². The lowest BCUT2D eigenvalue weighted by molar-refractivity contribution is 0.363. The molecule has 3 rings (SSSR count). The van der Waals surface area contributed by atoms with Gasteiger partial charge >= 0.3 is 0 Å². The smallest absolute Gasteiger partial charge is 0.166 e. The molecule has 0 radical (unpaired) electrons. The van der Waals surface area contributed by atoms with Crippen LogP contribution in [0.2, 0.25) is 0 Å². The number of hydrogen-bond acceptors (Lipinski definition) is 1. The summed E-state index contributed by atoms with van der Waals surface area (Å²) in [6.07, 6.45) is 5.32. The van der Waals surface area contributed by atoms with E-state index in [1.54, 1.807) is 30.3 Å². The normalized spacial score (nSPS) is 11.8. The van der Waals surface area contributed by atoms with Gasteiger partial charge in [0.2, 0.25) is 0 Å². The highest BCUT2D eigenvalue weighted by molar-refractivity contribution is 5.90. The van der Waals surface area contributed by atoms with Gasteiger partial charge in [-0.3, -0.25) is 0 Å².